The van der Waals surface area contributed by atoms with Gasteiger partial charge in [-0.3, -0.25) is 4.79 Å². The average molecular weight is 427 g/mol. The van der Waals surface area contributed by atoms with Crippen molar-refractivity contribution in [1.29, 1.82) is 0 Å². The normalized spacial score (nSPS) is 10.7. The Labute approximate surface area is 153 Å². The fraction of sp³-hybridized carbons (Fsp3) is 0. The Morgan fingerprint density at radius 3 is 1.59 bits per heavy atom. The van der Waals surface area contributed by atoms with Crippen LogP contribution in [0.4, 0.5) is 26.3 Å². The molecule has 0 unspecified atom stereocenters. The van der Waals surface area contributed by atoms with Gasteiger partial charge >= 0.3 is 11.9 Å². The van der Waals surface area contributed by atoms with Crippen molar-refractivity contribution in [2.45, 2.75) is 9.79 Å². The number of carbonyl (C=O) groups excluding carboxylic acids is 1. The van der Waals surface area contributed by atoms with Crippen molar-refractivity contribution in [2.24, 2.45) is 5.18 Å². The number of halogens is 6. The molecule has 0 bridgehead atoms. The van der Waals surface area contributed by atoms with Crippen LogP contribution in [0, 0.1) is 39.8 Å². The van der Waals surface area contributed by atoms with Gasteiger partial charge in [-0.05, 0) is 33.7 Å². The first-order chi connectivity index (χ1) is 12.6. The Hall–Kier alpha value is -2.54. The minimum absolute atomic E-state index is 0.123. The number of benzene rings is 2. The van der Waals surface area contributed by atoms with Crippen LogP contribution in [-0.4, -0.2) is 17.0 Å². The lowest BCUT2D eigenvalue weighted by Crippen LogP contribution is -2.07. The maximum absolute atomic E-state index is 13.9. The van der Waals surface area contributed by atoms with Crippen molar-refractivity contribution in [3.05, 3.63) is 63.1 Å². The molecule has 0 aliphatic rings. The van der Waals surface area contributed by atoms with E-state index in [1.165, 1.54) is 0 Å². The molecule has 0 saturated carbocycles. The highest BCUT2D eigenvalue weighted by atomic mass is 33.1. The fourth-order valence-corrected chi connectivity index (χ4v) is 3.87. The fourth-order valence-electron chi connectivity index (χ4n) is 1.80. The van der Waals surface area contributed by atoms with E-state index in [4.69, 9.17) is 5.11 Å². The number of carboxylic acids is 1. The van der Waals surface area contributed by atoms with Gasteiger partial charge < -0.3 is 5.11 Å². The van der Waals surface area contributed by atoms with Gasteiger partial charge in [0.25, 0.3) is 0 Å². The van der Waals surface area contributed by atoms with Gasteiger partial charge in [0, 0.05) is 5.18 Å². The zero-order chi connectivity index (χ0) is 20.5. The number of carboxylic acid groups (broad SMARTS) is 1. The number of rotatable bonds is 5. The summed E-state index contributed by atoms with van der Waals surface area (Å²) in [6.07, 6.45) is 0. The molecule has 27 heavy (non-hydrogen) atoms. The van der Waals surface area contributed by atoms with Crippen LogP contribution >= 0.6 is 21.6 Å². The molecule has 0 aliphatic heterocycles. The second-order valence-corrected chi connectivity index (χ2v) is 6.80. The van der Waals surface area contributed by atoms with Gasteiger partial charge in [0.1, 0.15) is 22.8 Å². The number of carbonyl (C=O) groups is 2. The lowest BCUT2D eigenvalue weighted by molar-refractivity contribution is 0.0684. The minimum Gasteiger partial charge on any atom is -0.477 e. The summed E-state index contributed by atoms with van der Waals surface area (Å²) in [5.74, 6) is -14.8. The molecule has 2 rings (SSSR count). The summed E-state index contributed by atoms with van der Waals surface area (Å²) in [4.78, 5) is 30.1. The van der Waals surface area contributed by atoms with Crippen LogP contribution < -0.4 is 0 Å². The van der Waals surface area contributed by atoms with E-state index in [-0.39, 0.29) is 21.6 Å². The number of nitroso groups, excluding NO2 is 1. The monoisotopic (exact) mass is 427 g/mol. The van der Waals surface area contributed by atoms with Crippen LogP contribution in [-0.2, 0) is 0 Å². The van der Waals surface area contributed by atoms with Gasteiger partial charge in [-0.25, -0.2) is 31.1 Å². The summed E-state index contributed by atoms with van der Waals surface area (Å²) >= 11 is 0. The van der Waals surface area contributed by atoms with Gasteiger partial charge in [0.2, 0.25) is 0 Å². The largest absolute Gasteiger partial charge is 0.477 e. The van der Waals surface area contributed by atoms with Crippen LogP contribution in [0.3, 0.4) is 0 Å². The first kappa shape index (κ1) is 20.8. The van der Waals surface area contributed by atoms with Crippen LogP contribution in [0.25, 0.3) is 0 Å². The van der Waals surface area contributed by atoms with Crippen molar-refractivity contribution in [3.63, 3.8) is 0 Å². The highest BCUT2D eigenvalue weighted by Crippen LogP contribution is 2.42. The van der Waals surface area contributed by atoms with Crippen molar-refractivity contribution in [3.8, 4) is 0 Å². The topological polar surface area (TPSA) is 83.8 Å². The number of hydrogen-bond acceptors (Lipinski definition) is 5. The molecule has 13 heteroatoms. The summed E-state index contributed by atoms with van der Waals surface area (Å²) < 4.78 is 82.3. The van der Waals surface area contributed by atoms with E-state index in [1.54, 1.807) is 5.18 Å². The van der Waals surface area contributed by atoms with Crippen molar-refractivity contribution >= 4 is 33.5 Å². The lowest BCUT2D eigenvalue weighted by Gasteiger charge is -2.09. The molecule has 0 fully saturated rings. The molecule has 0 spiro atoms. The second-order valence-electron chi connectivity index (χ2n) is 4.59. The summed E-state index contributed by atoms with van der Waals surface area (Å²) in [6, 6.07) is 0.600. The summed E-state index contributed by atoms with van der Waals surface area (Å²) in [7, 11) is 0.249. The highest BCUT2D eigenvalue weighted by Gasteiger charge is 2.27. The molecule has 2 aromatic rings. The Kier molecular flexibility index (Phi) is 6.15. The quantitative estimate of drug-likeness (QED) is 0.316. The van der Waals surface area contributed by atoms with Gasteiger partial charge in [-0.15, -0.1) is 4.91 Å². The summed E-state index contributed by atoms with van der Waals surface area (Å²) in [5, 5.41) is 10.4. The zero-order valence-corrected chi connectivity index (χ0v) is 14.0. The SMILES string of the molecule is O=NC(=O)c1c(F)cc(SSc2cc(F)c(C(=O)O)c(F)c2F)c(F)c1F. The predicted molar refractivity (Wildman–Crippen MR) is 81.4 cm³/mol. The molecule has 1 amide bonds. The van der Waals surface area contributed by atoms with Gasteiger partial charge in [-0.2, -0.15) is 0 Å². The van der Waals surface area contributed by atoms with E-state index in [9.17, 15) is 40.8 Å². The highest BCUT2D eigenvalue weighted by molar-refractivity contribution is 8.76. The summed E-state index contributed by atoms with van der Waals surface area (Å²) in [6.45, 7) is 0. The number of hydrogen-bond donors (Lipinski definition) is 1. The number of amides is 1. The third kappa shape index (κ3) is 3.93. The zero-order valence-electron chi connectivity index (χ0n) is 12.4. The van der Waals surface area contributed by atoms with Crippen molar-refractivity contribution in [1.82, 2.24) is 0 Å². The van der Waals surface area contributed by atoms with Gasteiger partial charge in [-0.1, -0.05) is 0 Å². The van der Waals surface area contributed by atoms with Crippen LogP contribution in [0.15, 0.2) is 27.1 Å². The average Bonchev–Trinajstić information content (AvgIpc) is 2.60. The Balaban J connectivity index is 2.39. The Morgan fingerprint density at radius 2 is 1.19 bits per heavy atom. The third-order valence-electron chi connectivity index (χ3n) is 2.98. The molecule has 142 valence electrons. The molecule has 5 nitrogen and oxygen atoms in total. The maximum atomic E-state index is 13.9. The minimum atomic E-state index is -2.06. The van der Waals surface area contributed by atoms with Crippen LogP contribution in [0.5, 0.6) is 0 Å². The standard InChI is InChI=1S/C14H3F6NO4S2/c15-3-1-5(9(17)11(19)7(3)13(22)21-25)26-27-6-2-4(16)8(14(23)24)12(20)10(6)18/h1-2H,(H,23,24). The van der Waals surface area contributed by atoms with Gasteiger partial charge in [0.15, 0.2) is 23.3 Å². The molecule has 1 N–H and O–H groups in total. The van der Waals surface area contributed by atoms with E-state index < -0.39 is 67.7 Å². The van der Waals surface area contributed by atoms with E-state index in [0.717, 1.165) is 0 Å². The van der Waals surface area contributed by atoms with E-state index in [1.807, 2.05) is 0 Å². The molecule has 0 radical (unpaired) electrons. The molecular weight excluding hydrogens is 424 g/mol. The van der Waals surface area contributed by atoms with E-state index >= 15 is 0 Å². The lowest BCUT2D eigenvalue weighted by atomic mass is 10.2. The van der Waals surface area contributed by atoms with Crippen LogP contribution in [0.2, 0.25) is 0 Å². The molecule has 0 aromatic heterocycles. The smallest absolute Gasteiger partial charge is 0.341 e. The van der Waals surface area contributed by atoms with Crippen molar-refractivity contribution in [2.75, 3.05) is 0 Å². The van der Waals surface area contributed by atoms with E-state index in [0.29, 0.717) is 12.1 Å². The molecule has 0 atom stereocenters. The molecule has 0 saturated heterocycles. The first-order valence-corrected chi connectivity index (χ1v) is 8.55. The Bertz CT molecular complexity index is 985. The predicted octanol–water partition coefficient (Wildman–Crippen LogP) is 4.93. The third-order valence-corrected chi connectivity index (χ3v) is 5.35. The number of nitrogens with zero attached hydrogens (tertiary/aromatic N) is 1. The van der Waals surface area contributed by atoms with Crippen LogP contribution in [0.1, 0.15) is 20.7 Å². The van der Waals surface area contributed by atoms with Crippen molar-refractivity contribution < 1.29 is 41.0 Å². The Morgan fingerprint density at radius 1 is 0.778 bits per heavy atom. The molecular formula is C14H3F6NO4S2. The number of aromatic carboxylic acids is 1. The first-order valence-electron chi connectivity index (χ1n) is 6.40. The summed E-state index contributed by atoms with van der Waals surface area (Å²) in [5.41, 5.74) is -3.08. The maximum Gasteiger partial charge on any atom is 0.341 e. The molecule has 2 aromatic carbocycles. The molecule has 0 aliphatic carbocycles. The molecule has 0 heterocycles. The second kappa shape index (κ2) is 8.00. The van der Waals surface area contributed by atoms with Gasteiger partial charge in [0.05, 0.1) is 9.79 Å². The van der Waals surface area contributed by atoms with E-state index in [2.05, 4.69) is 0 Å².